The van der Waals surface area contributed by atoms with Crippen LogP contribution in [-0.2, 0) is 10.3 Å². The Morgan fingerprint density at radius 2 is 1.64 bits per heavy atom. The molecule has 0 spiro atoms. The number of carbonyl (C=O) groups excluding carboxylic acids is 1. The first-order chi connectivity index (χ1) is 10.7. The van der Waals surface area contributed by atoms with Gasteiger partial charge in [-0.3, -0.25) is 10.2 Å². The third kappa shape index (κ3) is 4.16. The smallest absolute Gasteiger partial charge is 0.265 e. The second-order valence-corrected chi connectivity index (χ2v) is 5.20. The lowest BCUT2D eigenvalue weighted by Gasteiger charge is -2.30. The van der Waals surface area contributed by atoms with E-state index in [9.17, 15) is 4.79 Å². The average molecular weight is 298 g/mol. The largest absolute Gasteiger partial charge is 0.369 e. The van der Waals surface area contributed by atoms with E-state index in [2.05, 4.69) is 10.9 Å². The topological polar surface area (TPSA) is 50.4 Å². The summed E-state index contributed by atoms with van der Waals surface area (Å²) in [6, 6.07) is 19.1. The van der Waals surface area contributed by atoms with Crippen molar-refractivity contribution >= 4 is 5.91 Å². The maximum Gasteiger partial charge on any atom is 0.265 e. The van der Waals surface area contributed by atoms with Crippen LogP contribution in [0.25, 0.3) is 0 Å². The van der Waals surface area contributed by atoms with Crippen molar-refractivity contribution in [1.29, 1.82) is 0 Å². The molecule has 0 aliphatic heterocycles. The van der Waals surface area contributed by atoms with E-state index in [0.29, 0.717) is 18.7 Å². The van der Waals surface area contributed by atoms with Crippen molar-refractivity contribution in [2.24, 2.45) is 0 Å². The molecule has 0 aliphatic rings. The van der Waals surface area contributed by atoms with Gasteiger partial charge in [0.25, 0.3) is 5.91 Å². The minimum absolute atomic E-state index is 0.160. The van der Waals surface area contributed by atoms with E-state index in [1.54, 1.807) is 12.1 Å². The van der Waals surface area contributed by atoms with Gasteiger partial charge >= 0.3 is 0 Å². The molecular formula is C18H22N2O2. The molecule has 0 bridgehead atoms. The molecule has 0 heterocycles. The number of carbonyl (C=O) groups is 1. The lowest BCUT2D eigenvalue weighted by Crippen LogP contribution is -2.46. The zero-order valence-corrected chi connectivity index (χ0v) is 13.0. The molecule has 1 atom stereocenters. The van der Waals surface area contributed by atoms with Crippen molar-refractivity contribution in [3.05, 3.63) is 71.8 Å². The summed E-state index contributed by atoms with van der Waals surface area (Å²) in [4.78, 5) is 12.0. The van der Waals surface area contributed by atoms with E-state index in [0.717, 1.165) is 5.56 Å². The van der Waals surface area contributed by atoms with Gasteiger partial charge in [0.05, 0.1) is 0 Å². The third-order valence-electron chi connectivity index (χ3n) is 3.51. The molecule has 4 heteroatoms. The van der Waals surface area contributed by atoms with Crippen molar-refractivity contribution < 1.29 is 9.53 Å². The maximum absolute atomic E-state index is 12.0. The molecule has 4 nitrogen and oxygen atoms in total. The van der Waals surface area contributed by atoms with Crippen LogP contribution in [0.4, 0.5) is 0 Å². The number of ether oxygens (including phenoxy) is 1. The molecule has 22 heavy (non-hydrogen) atoms. The lowest BCUT2D eigenvalue weighted by atomic mass is 9.96. The number of hydrazine groups is 1. The Morgan fingerprint density at radius 1 is 1.05 bits per heavy atom. The Morgan fingerprint density at radius 3 is 2.23 bits per heavy atom. The number of benzene rings is 2. The Labute approximate surface area is 131 Å². The highest BCUT2D eigenvalue weighted by Gasteiger charge is 2.26. The summed E-state index contributed by atoms with van der Waals surface area (Å²) >= 11 is 0. The van der Waals surface area contributed by atoms with Gasteiger partial charge in [-0.05, 0) is 31.5 Å². The number of hydrogen-bond donors (Lipinski definition) is 2. The maximum atomic E-state index is 12.0. The predicted molar refractivity (Wildman–Crippen MR) is 87.3 cm³/mol. The summed E-state index contributed by atoms with van der Waals surface area (Å²) < 4.78 is 5.89. The highest BCUT2D eigenvalue weighted by Crippen LogP contribution is 2.24. The molecule has 2 N–H and O–H groups in total. The van der Waals surface area contributed by atoms with Gasteiger partial charge in [-0.25, -0.2) is 5.43 Å². The minimum atomic E-state index is -0.500. The molecule has 2 rings (SSSR count). The summed E-state index contributed by atoms with van der Waals surface area (Å²) in [5, 5.41) is 0. The molecule has 1 unspecified atom stereocenters. The minimum Gasteiger partial charge on any atom is -0.369 e. The average Bonchev–Trinajstić information content (AvgIpc) is 2.56. The summed E-state index contributed by atoms with van der Waals surface area (Å²) in [6.07, 6.45) is 0. The third-order valence-corrected chi connectivity index (χ3v) is 3.51. The van der Waals surface area contributed by atoms with Crippen molar-refractivity contribution in [3.8, 4) is 0 Å². The Bertz CT molecular complexity index is 587. The molecule has 0 fully saturated rings. The first kappa shape index (κ1) is 16.2. The Hall–Kier alpha value is -2.17. The van der Waals surface area contributed by atoms with Gasteiger partial charge in [-0.1, -0.05) is 48.5 Å². The van der Waals surface area contributed by atoms with E-state index in [-0.39, 0.29) is 5.91 Å². The number of rotatable bonds is 7. The SMILES string of the molecule is CCOC(C)(CNNC(=O)c1ccccc1)c1ccccc1. The van der Waals surface area contributed by atoms with Gasteiger partial charge in [-0.2, -0.15) is 0 Å². The van der Waals surface area contributed by atoms with E-state index < -0.39 is 5.60 Å². The monoisotopic (exact) mass is 298 g/mol. The van der Waals surface area contributed by atoms with Crippen LogP contribution in [0.1, 0.15) is 29.8 Å². The highest BCUT2D eigenvalue weighted by atomic mass is 16.5. The molecular weight excluding hydrogens is 276 g/mol. The van der Waals surface area contributed by atoms with Gasteiger partial charge in [0.15, 0.2) is 0 Å². The van der Waals surface area contributed by atoms with Crippen LogP contribution in [0, 0.1) is 0 Å². The van der Waals surface area contributed by atoms with Crippen LogP contribution < -0.4 is 10.9 Å². The molecule has 1 amide bonds. The van der Waals surface area contributed by atoms with Crippen molar-refractivity contribution in [3.63, 3.8) is 0 Å². The molecule has 116 valence electrons. The number of hydrogen-bond acceptors (Lipinski definition) is 3. The van der Waals surface area contributed by atoms with Crippen LogP contribution in [-0.4, -0.2) is 19.1 Å². The van der Waals surface area contributed by atoms with Crippen LogP contribution >= 0.6 is 0 Å². The molecule has 0 radical (unpaired) electrons. The predicted octanol–water partition coefficient (Wildman–Crippen LogP) is 2.87. The van der Waals surface area contributed by atoms with Crippen LogP contribution in [0.5, 0.6) is 0 Å². The fraction of sp³-hybridized carbons (Fsp3) is 0.278. The fourth-order valence-corrected chi connectivity index (χ4v) is 2.30. The second kappa shape index (κ2) is 7.73. The molecule has 0 saturated carbocycles. The molecule has 0 aliphatic carbocycles. The Balaban J connectivity index is 1.97. The van der Waals surface area contributed by atoms with E-state index in [1.807, 2.05) is 62.4 Å². The summed E-state index contributed by atoms with van der Waals surface area (Å²) in [5.74, 6) is -0.160. The van der Waals surface area contributed by atoms with Crippen LogP contribution in [0.15, 0.2) is 60.7 Å². The highest BCUT2D eigenvalue weighted by molar-refractivity contribution is 5.93. The summed E-state index contributed by atoms with van der Waals surface area (Å²) in [5.41, 5.74) is 6.88. The first-order valence-electron chi connectivity index (χ1n) is 7.43. The fourth-order valence-electron chi connectivity index (χ4n) is 2.30. The van der Waals surface area contributed by atoms with E-state index in [4.69, 9.17) is 4.74 Å². The van der Waals surface area contributed by atoms with Crippen molar-refractivity contribution in [1.82, 2.24) is 10.9 Å². The van der Waals surface area contributed by atoms with Gasteiger partial charge in [0, 0.05) is 18.7 Å². The number of amides is 1. The van der Waals surface area contributed by atoms with Crippen LogP contribution in [0.2, 0.25) is 0 Å². The molecule has 0 aromatic heterocycles. The lowest BCUT2D eigenvalue weighted by molar-refractivity contribution is -0.0299. The van der Waals surface area contributed by atoms with Gasteiger partial charge in [-0.15, -0.1) is 0 Å². The summed E-state index contributed by atoms with van der Waals surface area (Å²) in [6.45, 7) is 5.04. The zero-order valence-electron chi connectivity index (χ0n) is 13.0. The van der Waals surface area contributed by atoms with Crippen molar-refractivity contribution in [2.45, 2.75) is 19.4 Å². The molecule has 2 aromatic rings. The van der Waals surface area contributed by atoms with E-state index >= 15 is 0 Å². The standard InChI is InChI=1S/C18H22N2O2/c1-3-22-18(2,16-12-8-5-9-13-16)14-19-20-17(21)15-10-6-4-7-11-15/h4-13,19H,3,14H2,1-2H3,(H,20,21). The number of nitrogens with one attached hydrogen (secondary N) is 2. The normalized spacial score (nSPS) is 13.4. The molecule has 0 saturated heterocycles. The van der Waals surface area contributed by atoms with Crippen molar-refractivity contribution in [2.75, 3.05) is 13.2 Å². The van der Waals surface area contributed by atoms with Crippen LogP contribution in [0.3, 0.4) is 0 Å². The first-order valence-corrected chi connectivity index (χ1v) is 7.43. The molecule has 2 aromatic carbocycles. The van der Waals surface area contributed by atoms with E-state index in [1.165, 1.54) is 0 Å². The Kier molecular flexibility index (Phi) is 5.69. The quantitative estimate of drug-likeness (QED) is 0.773. The second-order valence-electron chi connectivity index (χ2n) is 5.20. The zero-order chi connectivity index (χ0) is 15.8. The van der Waals surface area contributed by atoms with Gasteiger partial charge in [0.1, 0.15) is 5.60 Å². The summed E-state index contributed by atoms with van der Waals surface area (Å²) in [7, 11) is 0. The van der Waals surface area contributed by atoms with Gasteiger partial charge in [0.2, 0.25) is 0 Å². The van der Waals surface area contributed by atoms with Gasteiger partial charge < -0.3 is 4.74 Å².